The number of aryl methyl sites for hydroxylation is 1. The highest BCUT2D eigenvalue weighted by molar-refractivity contribution is 5.53. The lowest BCUT2D eigenvalue weighted by Gasteiger charge is -2.25. The van der Waals surface area contributed by atoms with Crippen LogP contribution < -0.4 is 4.74 Å². The lowest BCUT2D eigenvalue weighted by Crippen LogP contribution is -2.24. The molecule has 1 aromatic carbocycles. The van der Waals surface area contributed by atoms with Gasteiger partial charge in [-0.15, -0.1) is 0 Å². The van der Waals surface area contributed by atoms with E-state index in [1.165, 1.54) is 24.0 Å². The van der Waals surface area contributed by atoms with Gasteiger partial charge in [0, 0.05) is 12.0 Å². The third kappa shape index (κ3) is 1.50. The quantitative estimate of drug-likeness (QED) is 0.780. The van der Waals surface area contributed by atoms with Gasteiger partial charge in [-0.1, -0.05) is 13.0 Å². The van der Waals surface area contributed by atoms with E-state index in [2.05, 4.69) is 19.1 Å². The summed E-state index contributed by atoms with van der Waals surface area (Å²) < 4.78 is 11.2. The first-order chi connectivity index (χ1) is 8.30. The number of methoxy groups -OCH3 is 1. The van der Waals surface area contributed by atoms with Gasteiger partial charge in [0.1, 0.15) is 5.75 Å². The van der Waals surface area contributed by atoms with Crippen molar-refractivity contribution in [3.63, 3.8) is 0 Å². The van der Waals surface area contributed by atoms with E-state index in [9.17, 15) is 0 Å². The highest BCUT2D eigenvalue weighted by Crippen LogP contribution is 2.49. The third-order valence-electron chi connectivity index (χ3n) is 4.44. The number of benzene rings is 1. The number of hydrogen-bond donors (Lipinski definition) is 0. The van der Waals surface area contributed by atoms with Crippen LogP contribution in [0.4, 0.5) is 0 Å². The zero-order chi connectivity index (χ0) is 11.9. The zero-order valence-electron chi connectivity index (χ0n) is 10.7. The molecule has 1 aromatic rings. The van der Waals surface area contributed by atoms with Gasteiger partial charge in [-0.2, -0.15) is 0 Å². The lowest BCUT2D eigenvalue weighted by molar-refractivity contribution is 0.177. The van der Waals surface area contributed by atoms with Crippen molar-refractivity contribution < 1.29 is 9.47 Å². The van der Waals surface area contributed by atoms with Crippen LogP contribution in [0.15, 0.2) is 12.1 Å². The molecule has 1 heterocycles. The van der Waals surface area contributed by atoms with Crippen molar-refractivity contribution in [2.24, 2.45) is 0 Å². The Hall–Kier alpha value is -1.02. The maximum Gasteiger partial charge on any atom is 0.122 e. The van der Waals surface area contributed by atoms with Crippen molar-refractivity contribution in [3.05, 3.63) is 28.8 Å². The van der Waals surface area contributed by atoms with Gasteiger partial charge in [0.2, 0.25) is 0 Å². The van der Waals surface area contributed by atoms with Gasteiger partial charge in [0.15, 0.2) is 0 Å². The maximum atomic E-state index is 5.67. The van der Waals surface area contributed by atoms with E-state index in [4.69, 9.17) is 9.47 Å². The number of rotatable bonds is 2. The molecule has 2 heteroatoms. The predicted molar refractivity (Wildman–Crippen MR) is 67.8 cm³/mol. The summed E-state index contributed by atoms with van der Waals surface area (Å²) in [4.78, 5) is 0. The molecule has 0 saturated carbocycles. The summed E-state index contributed by atoms with van der Waals surface area (Å²) in [5, 5.41) is 0. The normalized spacial score (nSPS) is 26.5. The highest BCUT2D eigenvalue weighted by Gasteiger charge is 2.44. The van der Waals surface area contributed by atoms with Gasteiger partial charge in [-0.05, 0) is 48.4 Å². The van der Waals surface area contributed by atoms with E-state index in [0.717, 1.165) is 31.8 Å². The Bertz CT molecular complexity index is 431. The molecule has 1 unspecified atom stereocenters. The Morgan fingerprint density at radius 2 is 2.24 bits per heavy atom. The molecule has 1 aliphatic heterocycles. The monoisotopic (exact) mass is 232 g/mol. The minimum absolute atomic E-state index is 0.301. The third-order valence-corrected chi connectivity index (χ3v) is 4.44. The topological polar surface area (TPSA) is 18.5 Å². The summed E-state index contributed by atoms with van der Waals surface area (Å²) in [6.07, 6.45) is 4.67. The van der Waals surface area contributed by atoms with Crippen molar-refractivity contribution in [2.45, 2.75) is 38.0 Å². The standard InChI is InChI=1S/C15H20O2/c1-3-11-4-5-13(16-2)12-6-7-15(14(11)12)8-9-17-10-15/h4-5H,3,6-10H2,1-2H3. The van der Waals surface area contributed by atoms with Crippen LogP contribution in [0.1, 0.15) is 36.5 Å². The average molecular weight is 232 g/mol. The van der Waals surface area contributed by atoms with Crippen molar-refractivity contribution in [3.8, 4) is 5.75 Å². The Labute approximate surface area is 103 Å². The van der Waals surface area contributed by atoms with Crippen molar-refractivity contribution in [1.82, 2.24) is 0 Å². The summed E-state index contributed by atoms with van der Waals surface area (Å²) in [6, 6.07) is 4.37. The summed E-state index contributed by atoms with van der Waals surface area (Å²) in [5.41, 5.74) is 4.79. The molecule has 2 aliphatic rings. The van der Waals surface area contributed by atoms with Gasteiger partial charge in [-0.3, -0.25) is 0 Å². The largest absolute Gasteiger partial charge is 0.496 e. The molecule has 0 amide bonds. The second kappa shape index (κ2) is 4.02. The van der Waals surface area contributed by atoms with Gasteiger partial charge in [-0.25, -0.2) is 0 Å². The van der Waals surface area contributed by atoms with Crippen LogP contribution in [-0.4, -0.2) is 20.3 Å². The molecule has 0 N–H and O–H groups in total. The second-order valence-corrected chi connectivity index (χ2v) is 5.22. The fourth-order valence-corrected chi connectivity index (χ4v) is 3.56. The summed E-state index contributed by atoms with van der Waals surface area (Å²) in [7, 11) is 1.78. The van der Waals surface area contributed by atoms with Crippen molar-refractivity contribution >= 4 is 0 Å². The van der Waals surface area contributed by atoms with Crippen LogP contribution in [0.3, 0.4) is 0 Å². The molecule has 0 aromatic heterocycles. The lowest BCUT2D eigenvalue weighted by atomic mass is 9.78. The fourth-order valence-electron chi connectivity index (χ4n) is 3.56. The summed E-state index contributed by atoms with van der Waals surface area (Å²) >= 11 is 0. The molecule has 1 fully saturated rings. The first-order valence-corrected chi connectivity index (χ1v) is 6.58. The molecule has 92 valence electrons. The fraction of sp³-hybridized carbons (Fsp3) is 0.600. The first kappa shape index (κ1) is 11.1. The van der Waals surface area contributed by atoms with Crippen LogP contribution in [-0.2, 0) is 23.0 Å². The van der Waals surface area contributed by atoms with Crippen LogP contribution in [0.5, 0.6) is 5.75 Å². The van der Waals surface area contributed by atoms with Gasteiger partial charge >= 0.3 is 0 Å². The number of ether oxygens (including phenoxy) is 2. The Morgan fingerprint density at radius 1 is 1.35 bits per heavy atom. The van der Waals surface area contributed by atoms with Crippen LogP contribution in [0, 0.1) is 0 Å². The minimum atomic E-state index is 0.301. The van der Waals surface area contributed by atoms with Crippen LogP contribution in [0.2, 0.25) is 0 Å². The molecule has 3 rings (SSSR count). The van der Waals surface area contributed by atoms with E-state index in [1.54, 1.807) is 12.7 Å². The molecule has 17 heavy (non-hydrogen) atoms. The Morgan fingerprint density at radius 3 is 2.88 bits per heavy atom. The number of fused-ring (bicyclic) bond motifs is 2. The molecular weight excluding hydrogens is 212 g/mol. The molecule has 1 aliphatic carbocycles. The van der Waals surface area contributed by atoms with Crippen LogP contribution in [0.25, 0.3) is 0 Å². The van der Waals surface area contributed by atoms with E-state index < -0.39 is 0 Å². The van der Waals surface area contributed by atoms with Gasteiger partial charge in [0.05, 0.1) is 13.7 Å². The number of hydrogen-bond acceptors (Lipinski definition) is 2. The minimum Gasteiger partial charge on any atom is -0.496 e. The molecule has 1 saturated heterocycles. The van der Waals surface area contributed by atoms with Gasteiger partial charge < -0.3 is 9.47 Å². The molecule has 2 nitrogen and oxygen atoms in total. The highest BCUT2D eigenvalue weighted by atomic mass is 16.5. The maximum absolute atomic E-state index is 5.67. The van der Waals surface area contributed by atoms with E-state index in [0.29, 0.717) is 5.41 Å². The Kier molecular flexibility index (Phi) is 2.62. The smallest absolute Gasteiger partial charge is 0.122 e. The second-order valence-electron chi connectivity index (χ2n) is 5.22. The summed E-state index contributed by atoms with van der Waals surface area (Å²) in [6.45, 7) is 4.06. The molecule has 0 bridgehead atoms. The SMILES string of the molecule is CCc1ccc(OC)c2c1C1(CCOC1)CC2. The van der Waals surface area contributed by atoms with E-state index in [-0.39, 0.29) is 0 Å². The van der Waals surface area contributed by atoms with Gasteiger partial charge in [0.25, 0.3) is 0 Å². The van der Waals surface area contributed by atoms with Crippen LogP contribution >= 0.6 is 0 Å². The van der Waals surface area contributed by atoms with E-state index >= 15 is 0 Å². The van der Waals surface area contributed by atoms with E-state index in [1.807, 2.05) is 0 Å². The molecule has 1 atom stereocenters. The summed E-state index contributed by atoms with van der Waals surface area (Å²) in [5.74, 6) is 1.07. The molecule has 0 radical (unpaired) electrons. The van der Waals surface area contributed by atoms with Crippen molar-refractivity contribution in [1.29, 1.82) is 0 Å². The first-order valence-electron chi connectivity index (χ1n) is 6.58. The molecular formula is C15H20O2. The van der Waals surface area contributed by atoms with Crippen molar-refractivity contribution in [2.75, 3.05) is 20.3 Å². The molecule has 1 spiro atoms. The Balaban J connectivity index is 2.17. The zero-order valence-corrected chi connectivity index (χ0v) is 10.7. The average Bonchev–Trinajstić information content (AvgIpc) is 2.98. The predicted octanol–water partition coefficient (Wildman–Crippen LogP) is 2.86.